The van der Waals surface area contributed by atoms with Gasteiger partial charge < -0.3 is 14.2 Å². The van der Waals surface area contributed by atoms with E-state index in [0.717, 1.165) is 89.9 Å². The van der Waals surface area contributed by atoms with Crippen LogP contribution in [0, 0.1) is 0 Å². The topological polar surface area (TPSA) is 78.9 Å². The van der Waals surface area contributed by atoms with E-state index in [1.807, 2.05) is 0 Å². The van der Waals surface area contributed by atoms with Gasteiger partial charge in [0.1, 0.15) is 13.2 Å². The van der Waals surface area contributed by atoms with E-state index in [1.54, 1.807) is 0 Å². The average Bonchev–Trinajstić information content (AvgIpc) is 3.21. The average molecular weight is 799 g/mol. The summed E-state index contributed by atoms with van der Waals surface area (Å²) in [5, 5.41) is 0. The van der Waals surface area contributed by atoms with Crippen molar-refractivity contribution in [3.63, 3.8) is 0 Å². The molecule has 0 aromatic heterocycles. The van der Waals surface area contributed by atoms with Crippen molar-refractivity contribution in [2.75, 3.05) is 13.2 Å². The van der Waals surface area contributed by atoms with Crippen LogP contribution in [0.15, 0.2) is 48.6 Å². The third-order valence-electron chi connectivity index (χ3n) is 10.3. The summed E-state index contributed by atoms with van der Waals surface area (Å²) in [5.41, 5.74) is 0. The molecule has 1 unspecified atom stereocenters. The Labute approximate surface area is 352 Å². The second-order valence-electron chi connectivity index (χ2n) is 16.0. The highest BCUT2D eigenvalue weighted by Crippen LogP contribution is 2.15. The molecule has 0 aliphatic carbocycles. The van der Waals surface area contributed by atoms with Gasteiger partial charge >= 0.3 is 17.9 Å². The molecule has 0 aromatic carbocycles. The zero-order chi connectivity index (χ0) is 41.5. The van der Waals surface area contributed by atoms with Crippen LogP contribution in [-0.2, 0) is 28.6 Å². The van der Waals surface area contributed by atoms with E-state index in [9.17, 15) is 14.4 Å². The van der Waals surface area contributed by atoms with Crippen molar-refractivity contribution in [1.29, 1.82) is 0 Å². The van der Waals surface area contributed by atoms with Crippen molar-refractivity contribution in [2.45, 2.75) is 245 Å². The maximum Gasteiger partial charge on any atom is 0.306 e. The molecule has 0 fully saturated rings. The summed E-state index contributed by atoms with van der Waals surface area (Å²) < 4.78 is 16.6. The number of carbonyl (C=O) groups is 3. The van der Waals surface area contributed by atoms with Gasteiger partial charge in [-0.25, -0.2) is 0 Å². The first-order chi connectivity index (χ1) is 28.0. The third-order valence-corrected chi connectivity index (χ3v) is 10.3. The number of hydrogen-bond donors (Lipinski definition) is 0. The van der Waals surface area contributed by atoms with Crippen LogP contribution in [0.2, 0.25) is 0 Å². The summed E-state index contributed by atoms with van der Waals surface area (Å²) in [6, 6.07) is 0. The highest BCUT2D eigenvalue weighted by atomic mass is 16.6. The maximum atomic E-state index is 12.6. The van der Waals surface area contributed by atoms with Crippen molar-refractivity contribution in [2.24, 2.45) is 0 Å². The molecule has 0 aliphatic rings. The predicted molar refractivity (Wildman–Crippen MR) is 242 cm³/mol. The summed E-state index contributed by atoms with van der Waals surface area (Å²) in [6.07, 6.45) is 54.3. The van der Waals surface area contributed by atoms with Crippen LogP contribution in [0.5, 0.6) is 0 Å². The maximum absolute atomic E-state index is 12.6. The van der Waals surface area contributed by atoms with Gasteiger partial charge in [0.15, 0.2) is 6.10 Å². The number of unbranched alkanes of at least 4 members (excludes halogenated alkanes) is 24. The van der Waals surface area contributed by atoms with E-state index in [0.29, 0.717) is 19.3 Å². The lowest BCUT2D eigenvalue weighted by molar-refractivity contribution is -0.167. The summed E-state index contributed by atoms with van der Waals surface area (Å²) in [7, 11) is 0. The van der Waals surface area contributed by atoms with E-state index in [2.05, 4.69) is 69.4 Å². The normalized spacial score (nSPS) is 12.4. The Balaban J connectivity index is 4.01. The van der Waals surface area contributed by atoms with Gasteiger partial charge in [0, 0.05) is 19.3 Å². The Kier molecular flexibility index (Phi) is 43.9. The molecule has 0 aliphatic heterocycles. The SMILES string of the molecule is CC/C=C\C/C=C\C/C=C\C/C=C\CCCCCCCCCCCCCCC(=O)OCC(COC(=O)CCCCCCC)OC(=O)CCCCCCCCCCC. The first-order valence-corrected chi connectivity index (χ1v) is 24.1. The third kappa shape index (κ3) is 44.3. The van der Waals surface area contributed by atoms with Crippen LogP contribution in [0.3, 0.4) is 0 Å². The standard InChI is InChI=1S/C51H90O6/c1-4-7-10-13-15-17-18-19-20-21-22-23-24-25-26-27-28-29-30-31-32-34-35-38-41-44-50(53)56-47-48(46-55-49(52)43-40-37-12-9-6-3)57-51(54)45-42-39-36-33-16-14-11-8-5-2/h7,10,15,17,19-20,22-23,48H,4-6,8-9,11-14,16,18,21,24-47H2,1-3H3/b10-7-,17-15-,20-19-,23-22-. The minimum absolute atomic E-state index is 0.0720. The largest absolute Gasteiger partial charge is 0.462 e. The van der Waals surface area contributed by atoms with E-state index in [4.69, 9.17) is 14.2 Å². The molecule has 0 radical (unpaired) electrons. The minimum atomic E-state index is -0.764. The van der Waals surface area contributed by atoms with Crippen molar-refractivity contribution in [1.82, 2.24) is 0 Å². The van der Waals surface area contributed by atoms with Crippen LogP contribution in [-0.4, -0.2) is 37.2 Å². The van der Waals surface area contributed by atoms with Crippen LogP contribution in [0.1, 0.15) is 239 Å². The Morgan fingerprint density at radius 1 is 0.368 bits per heavy atom. The molecule has 330 valence electrons. The van der Waals surface area contributed by atoms with Gasteiger partial charge in [-0.15, -0.1) is 0 Å². The van der Waals surface area contributed by atoms with Gasteiger partial charge in [0.2, 0.25) is 0 Å². The zero-order valence-electron chi connectivity index (χ0n) is 37.6. The van der Waals surface area contributed by atoms with Crippen LogP contribution < -0.4 is 0 Å². The van der Waals surface area contributed by atoms with Gasteiger partial charge in [0.05, 0.1) is 0 Å². The van der Waals surface area contributed by atoms with Gasteiger partial charge in [-0.05, 0) is 57.8 Å². The number of rotatable bonds is 43. The lowest BCUT2D eigenvalue weighted by Gasteiger charge is -2.18. The summed E-state index contributed by atoms with van der Waals surface area (Å²) in [4.78, 5) is 37.4. The Bertz CT molecular complexity index is 1010. The van der Waals surface area contributed by atoms with Crippen LogP contribution in [0.25, 0.3) is 0 Å². The molecule has 0 rings (SSSR count). The number of hydrogen-bond acceptors (Lipinski definition) is 6. The lowest BCUT2D eigenvalue weighted by Crippen LogP contribution is -2.30. The fourth-order valence-electron chi connectivity index (χ4n) is 6.73. The quantitative estimate of drug-likeness (QED) is 0.0265. The van der Waals surface area contributed by atoms with Gasteiger partial charge in [-0.1, -0.05) is 211 Å². The fourth-order valence-corrected chi connectivity index (χ4v) is 6.73. The molecular weight excluding hydrogens is 709 g/mol. The second kappa shape index (κ2) is 46.1. The van der Waals surface area contributed by atoms with Crippen molar-refractivity contribution < 1.29 is 28.6 Å². The number of allylic oxidation sites excluding steroid dienone is 8. The van der Waals surface area contributed by atoms with Gasteiger partial charge in [0.25, 0.3) is 0 Å². The van der Waals surface area contributed by atoms with Crippen molar-refractivity contribution >= 4 is 17.9 Å². The molecule has 0 bridgehead atoms. The summed E-state index contributed by atoms with van der Waals surface area (Å²) >= 11 is 0. The molecule has 0 aromatic rings. The molecule has 0 spiro atoms. The smallest absolute Gasteiger partial charge is 0.306 e. The van der Waals surface area contributed by atoms with Gasteiger partial charge in [-0.2, -0.15) is 0 Å². The number of esters is 3. The number of carbonyl (C=O) groups excluding carboxylic acids is 3. The van der Waals surface area contributed by atoms with Crippen LogP contribution in [0.4, 0.5) is 0 Å². The molecule has 0 saturated carbocycles. The monoisotopic (exact) mass is 799 g/mol. The predicted octanol–water partition coefficient (Wildman–Crippen LogP) is 15.5. The molecule has 0 saturated heterocycles. The summed E-state index contributed by atoms with van der Waals surface area (Å²) in [5.74, 6) is -0.888. The zero-order valence-corrected chi connectivity index (χ0v) is 37.6. The molecule has 0 amide bonds. The highest BCUT2D eigenvalue weighted by molar-refractivity contribution is 5.71. The molecule has 1 atom stereocenters. The van der Waals surface area contributed by atoms with Gasteiger partial charge in [-0.3, -0.25) is 14.4 Å². The lowest BCUT2D eigenvalue weighted by atomic mass is 10.0. The molecule has 57 heavy (non-hydrogen) atoms. The first-order valence-electron chi connectivity index (χ1n) is 24.1. The second-order valence-corrected chi connectivity index (χ2v) is 16.0. The minimum Gasteiger partial charge on any atom is -0.462 e. The molecule has 0 N–H and O–H groups in total. The number of ether oxygens (including phenoxy) is 3. The Morgan fingerprint density at radius 2 is 0.684 bits per heavy atom. The van der Waals surface area contributed by atoms with E-state index in [1.165, 1.54) is 109 Å². The van der Waals surface area contributed by atoms with E-state index < -0.39 is 6.10 Å². The molecule has 0 heterocycles. The Morgan fingerprint density at radius 3 is 1.07 bits per heavy atom. The summed E-state index contributed by atoms with van der Waals surface area (Å²) in [6.45, 7) is 6.42. The molecule has 6 nitrogen and oxygen atoms in total. The molecule has 6 heteroatoms. The highest BCUT2D eigenvalue weighted by Gasteiger charge is 2.19. The van der Waals surface area contributed by atoms with Crippen LogP contribution >= 0.6 is 0 Å². The fraction of sp³-hybridized carbons (Fsp3) is 0.784. The van der Waals surface area contributed by atoms with E-state index >= 15 is 0 Å². The van der Waals surface area contributed by atoms with Crippen molar-refractivity contribution in [3.05, 3.63) is 48.6 Å². The molecular formula is C51H90O6. The van der Waals surface area contributed by atoms with E-state index in [-0.39, 0.29) is 31.1 Å². The Hall–Kier alpha value is -2.63. The first kappa shape index (κ1) is 54.4. The van der Waals surface area contributed by atoms with Crippen molar-refractivity contribution in [3.8, 4) is 0 Å².